The van der Waals surface area contributed by atoms with Crippen molar-refractivity contribution in [2.45, 2.75) is 57.0 Å². The highest BCUT2D eigenvalue weighted by Crippen LogP contribution is 2.25. The lowest BCUT2D eigenvalue weighted by Gasteiger charge is -2.32. The third-order valence-corrected chi connectivity index (χ3v) is 8.81. The number of nitrogens with zero attached hydrogens (tertiary/aromatic N) is 3. The van der Waals surface area contributed by atoms with Gasteiger partial charge in [-0.2, -0.15) is 9.30 Å². The van der Waals surface area contributed by atoms with E-state index < -0.39 is 15.9 Å². The van der Waals surface area contributed by atoms with Crippen LogP contribution in [0.3, 0.4) is 0 Å². The number of rotatable bonds is 5. The number of hydrogen-bond donors (Lipinski definition) is 0. The van der Waals surface area contributed by atoms with Crippen LogP contribution in [-0.2, 0) is 16.6 Å². The van der Waals surface area contributed by atoms with Crippen LogP contribution in [0.1, 0.15) is 49.9 Å². The molecule has 170 valence electrons. The number of aryl methyl sites for hydroxylation is 1. The van der Waals surface area contributed by atoms with Crippen LogP contribution in [-0.4, -0.2) is 35.8 Å². The van der Waals surface area contributed by atoms with E-state index in [2.05, 4.69) is 4.99 Å². The first-order chi connectivity index (χ1) is 15.3. The molecule has 2 aromatic carbocycles. The second-order valence-corrected chi connectivity index (χ2v) is 10.9. The quantitative estimate of drug-likeness (QED) is 0.543. The Morgan fingerprint density at radius 2 is 1.94 bits per heavy atom. The molecule has 4 rings (SSSR count). The molecule has 1 saturated heterocycles. The number of piperidine rings is 1. The van der Waals surface area contributed by atoms with Gasteiger partial charge in [-0.05, 0) is 68.7 Å². The standard InChI is InChI=1S/C23H26FN3O3S2/c1-3-13-26-20-12-9-18(24)15-21(20)31-23(26)25-22(28)17-7-10-19(11-8-17)32(29,30)27-14-5-4-6-16(27)2/h7-12,15-16H,3-6,13-14H2,1-2H3. The molecule has 1 atom stereocenters. The molecule has 1 aliphatic rings. The smallest absolute Gasteiger partial charge is 0.279 e. The van der Waals surface area contributed by atoms with Crippen molar-refractivity contribution in [2.24, 2.45) is 4.99 Å². The zero-order valence-corrected chi connectivity index (χ0v) is 19.8. The first-order valence-corrected chi connectivity index (χ1v) is 13.1. The Morgan fingerprint density at radius 3 is 2.62 bits per heavy atom. The molecular formula is C23H26FN3O3S2. The third kappa shape index (κ3) is 4.42. The van der Waals surface area contributed by atoms with Gasteiger partial charge in [0.2, 0.25) is 10.0 Å². The largest absolute Gasteiger partial charge is 0.316 e. The summed E-state index contributed by atoms with van der Waals surface area (Å²) in [6, 6.07) is 10.5. The first-order valence-electron chi connectivity index (χ1n) is 10.8. The van der Waals surface area contributed by atoms with E-state index in [0.717, 1.165) is 35.9 Å². The summed E-state index contributed by atoms with van der Waals surface area (Å²) in [5.74, 6) is -0.794. The zero-order valence-electron chi connectivity index (χ0n) is 18.1. The number of carbonyl (C=O) groups is 1. The number of hydrogen-bond acceptors (Lipinski definition) is 4. The van der Waals surface area contributed by atoms with E-state index in [0.29, 0.717) is 23.5 Å². The number of sulfonamides is 1. The van der Waals surface area contributed by atoms with E-state index in [-0.39, 0.29) is 16.8 Å². The monoisotopic (exact) mass is 475 g/mol. The summed E-state index contributed by atoms with van der Waals surface area (Å²) < 4.78 is 43.8. The van der Waals surface area contributed by atoms with Crippen LogP contribution in [0.15, 0.2) is 52.4 Å². The van der Waals surface area contributed by atoms with E-state index in [1.165, 1.54) is 47.7 Å². The Bertz CT molecular complexity index is 1310. The molecule has 32 heavy (non-hydrogen) atoms. The van der Waals surface area contributed by atoms with Crippen molar-refractivity contribution in [3.63, 3.8) is 0 Å². The molecule has 6 nitrogen and oxygen atoms in total. The molecule has 3 aromatic rings. The number of thiazole rings is 1. The lowest BCUT2D eigenvalue weighted by atomic mass is 10.1. The van der Waals surface area contributed by atoms with Crippen LogP contribution in [0.5, 0.6) is 0 Å². The molecule has 1 amide bonds. The maximum Gasteiger partial charge on any atom is 0.279 e. The molecule has 9 heteroatoms. The van der Waals surface area contributed by atoms with E-state index in [1.807, 2.05) is 18.4 Å². The number of amides is 1. The predicted octanol–water partition coefficient (Wildman–Crippen LogP) is 4.56. The van der Waals surface area contributed by atoms with Crippen LogP contribution in [0.2, 0.25) is 0 Å². The Kier molecular flexibility index (Phi) is 6.60. The minimum atomic E-state index is -3.59. The fraction of sp³-hybridized carbons (Fsp3) is 0.391. The van der Waals surface area contributed by atoms with Gasteiger partial charge >= 0.3 is 0 Å². The zero-order chi connectivity index (χ0) is 22.9. The number of carbonyl (C=O) groups excluding carboxylic acids is 1. The molecule has 0 spiro atoms. The third-order valence-electron chi connectivity index (χ3n) is 5.74. The minimum Gasteiger partial charge on any atom is -0.316 e. The average molecular weight is 476 g/mol. The van der Waals surface area contributed by atoms with Gasteiger partial charge in [-0.3, -0.25) is 4.79 Å². The Labute approximate surface area is 191 Å². The fourth-order valence-electron chi connectivity index (χ4n) is 4.06. The van der Waals surface area contributed by atoms with Gasteiger partial charge in [0, 0.05) is 24.7 Å². The number of benzene rings is 2. The highest BCUT2D eigenvalue weighted by Gasteiger charge is 2.30. The highest BCUT2D eigenvalue weighted by molar-refractivity contribution is 7.89. The van der Waals surface area contributed by atoms with Crippen molar-refractivity contribution >= 4 is 37.5 Å². The van der Waals surface area contributed by atoms with Crippen molar-refractivity contribution in [1.29, 1.82) is 0 Å². The van der Waals surface area contributed by atoms with Gasteiger partial charge in [0.1, 0.15) is 5.82 Å². The minimum absolute atomic E-state index is 0.0307. The van der Waals surface area contributed by atoms with E-state index in [4.69, 9.17) is 0 Å². The van der Waals surface area contributed by atoms with Gasteiger partial charge in [0.05, 0.1) is 15.1 Å². The summed E-state index contributed by atoms with van der Waals surface area (Å²) in [5.41, 5.74) is 1.14. The van der Waals surface area contributed by atoms with Crippen LogP contribution < -0.4 is 4.80 Å². The molecule has 0 bridgehead atoms. The van der Waals surface area contributed by atoms with Gasteiger partial charge in [0.25, 0.3) is 5.91 Å². The summed E-state index contributed by atoms with van der Waals surface area (Å²) >= 11 is 1.26. The van der Waals surface area contributed by atoms with Gasteiger partial charge in [-0.1, -0.05) is 24.7 Å². The molecule has 2 heterocycles. The highest BCUT2D eigenvalue weighted by atomic mass is 32.2. The van der Waals surface area contributed by atoms with Gasteiger partial charge in [-0.15, -0.1) is 0 Å². The molecule has 0 radical (unpaired) electrons. The molecular weight excluding hydrogens is 449 g/mol. The number of halogens is 1. The van der Waals surface area contributed by atoms with Crippen molar-refractivity contribution in [1.82, 2.24) is 8.87 Å². The SMILES string of the molecule is CCCn1c(=NC(=O)c2ccc(S(=O)(=O)N3CCCCC3C)cc2)sc2cc(F)ccc21. The van der Waals surface area contributed by atoms with E-state index in [1.54, 1.807) is 10.4 Å². The molecule has 1 aliphatic heterocycles. The second kappa shape index (κ2) is 9.25. The predicted molar refractivity (Wildman–Crippen MR) is 124 cm³/mol. The van der Waals surface area contributed by atoms with Crippen LogP contribution in [0, 0.1) is 5.82 Å². The van der Waals surface area contributed by atoms with Crippen molar-refractivity contribution in [3.05, 3.63) is 58.6 Å². The number of fused-ring (bicyclic) bond motifs is 1. The fourth-order valence-corrected chi connectivity index (χ4v) is 6.84. The normalized spacial score (nSPS) is 18.3. The topological polar surface area (TPSA) is 71.7 Å². The summed E-state index contributed by atoms with van der Waals surface area (Å²) in [4.78, 5) is 17.8. The average Bonchev–Trinajstić information content (AvgIpc) is 3.10. The molecule has 1 unspecified atom stereocenters. The Morgan fingerprint density at radius 1 is 1.19 bits per heavy atom. The Balaban J connectivity index is 1.65. The molecule has 0 N–H and O–H groups in total. The summed E-state index contributed by atoms with van der Waals surface area (Å²) in [7, 11) is -3.59. The maximum absolute atomic E-state index is 13.6. The van der Waals surface area contributed by atoms with Crippen molar-refractivity contribution in [3.8, 4) is 0 Å². The van der Waals surface area contributed by atoms with E-state index >= 15 is 0 Å². The van der Waals surface area contributed by atoms with Crippen molar-refractivity contribution in [2.75, 3.05) is 6.54 Å². The number of aromatic nitrogens is 1. The maximum atomic E-state index is 13.6. The van der Waals surface area contributed by atoms with Crippen LogP contribution >= 0.6 is 11.3 Å². The Hall–Kier alpha value is -2.36. The van der Waals surface area contributed by atoms with E-state index in [9.17, 15) is 17.6 Å². The molecule has 1 fully saturated rings. The summed E-state index contributed by atoms with van der Waals surface area (Å²) in [5, 5.41) is 0. The summed E-state index contributed by atoms with van der Waals surface area (Å²) in [6.45, 7) is 5.12. The lowest BCUT2D eigenvalue weighted by Crippen LogP contribution is -2.41. The molecule has 1 aromatic heterocycles. The first kappa shape index (κ1) is 22.8. The van der Waals surface area contributed by atoms with Crippen LogP contribution in [0.4, 0.5) is 4.39 Å². The van der Waals surface area contributed by atoms with Gasteiger partial charge < -0.3 is 4.57 Å². The van der Waals surface area contributed by atoms with Crippen LogP contribution in [0.25, 0.3) is 10.2 Å². The van der Waals surface area contributed by atoms with Gasteiger partial charge in [0.15, 0.2) is 4.80 Å². The van der Waals surface area contributed by atoms with Gasteiger partial charge in [-0.25, -0.2) is 12.8 Å². The molecule has 0 saturated carbocycles. The summed E-state index contributed by atoms with van der Waals surface area (Å²) in [6.07, 6.45) is 3.58. The lowest BCUT2D eigenvalue weighted by molar-refractivity contribution is 0.0997. The second-order valence-electron chi connectivity index (χ2n) is 8.05. The van der Waals surface area contributed by atoms with Crippen molar-refractivity contribution < 1.29 is 17.6 Å². The molecule has 0 aliphatic carbocycles.